The van der Waals surface area contributed by atoms with Crippen LogP contribution in [0.2, 0.25) is 0 Å². The van der Waals surface area contributed by atoms with E-state index in [-0.39, 0.29) is 5.91 Å². The molecule has 0 aliphatic carbocycles. The highest BCUT2D eigenvalue weighted by Gasteiger charge is 2.18. The van der Waals surface area contributed by atoms with Crippen LogP contribution in [0.25, 0.3) is 0 Å². The number of β-amino-alcohol motifs (C(OH)–C–C–N with tert-alkyl or cyclic N) is 1. The lowest BCUT2D eigenvalue weighted by atomic mass is 10.3. The van der Waals surface area contributed by atoms with Crippen molar-refractivity contribution in [2.75, 3.05) is 26.2 Å². The molecule has 6 nitrogen and oxygen atoms in total. The van der Waals surface area contributed by atoms with E-state index in [0.29, 0.717) is 26.2 Å². The zero-order valence-electron chi connectivity index (χ0n) is 9.04. The molecule has 0 bridgehead atoms. The van der Waals surface area contributed by atoms with Crippen LogP contribution < -0.4 is 5.32 Å². The molecule has 1 atom stereocenters. The van der Waals surface area contributed by atoms with Gasteiger partial charge in [-0.3, -0.25) is 14.4 Å². The molecule has 2 N–H and O–H groups in total. The van der Waals surface area contributed by atoms with Crippen molar-refractivity contribution in [2.45, 2.75) is 12.6 Å². The van der Waals surface area contributed by atoms with Gasteiger partial charge in [0.25, 0.3) is 0 Å². The number of carbonyl (C=O) groups excluding carboxylic acids is 1. The lowest BCUT2D eigenvalue weighted by molar-refractivity contribution is -0.124. The Morgan fingerprint density at radius 3 is 3.12 bits per heavy atom. The first kappa shape index (κ1) is 11.1. The Morgan fingerprint density at radius 2 is 2.44 bits per heavy atom. The van der Waals surface area contributed by atoms with E-state index >= 15 is 0 Å². The average Bonchev–Trinajstić information content (AvgIpc) is 2.70. The minimum absolute atomic E-state index is 0.0255. The molecule has 1 aromatic rings. The van der Waals surface area contributed by atoms with Crippen LogP contribution in [0.3, 0.4) is 0 Å². The van der Waals surface area contributed by atoms with Gasteiger partial charge in [0.15, 0.2) is 0 Å². The van der Waals surface area contributed by atoms with Crippen LogP contribution in [0, 0.1) is 0 Å². The summed E-state index contributed by atoms with van der Waals surface area (Å²) in [7, 11) is 0. The monoisotopic (exact) mass is 224 g/mol. The highest BCUT2D eigenvalue weighted by Crippen LogP contribution is 1.98. The molecule has 1 saturated heterocycles. The predicted octanol–water partition coefficient (Wildman–Crippen LogP) is -1.32. The molecule has 16 heavy (non-hydrogen) atoms. The van der Waals surface area contributed by atoms with Crippen LogP contribution in [-0.4, -0.2) is 58.0 Å². The van der Waals surface area contributed by atoms with Crippen LogP contribution in [0.15, 0.2) is 18.5 Å². The molecule has 2 heterocycles. The van der Waals surface area contributed by atoms with Gasteiger partial charge in [0.1, 0.15) is 0 Å². The predicted molar refractivity (Wildman–Crippen MR) is 57.7 cm³/mol. The van der Waals surface area contributed by atoms with E-state index in [2.05, 4.69) is 10.4 Å². The third-order valence-corrected chi connectivity index (χ3v) is 2.54. The summed E-state index contributed by atoms with van der Waals surface area (Å²) in [5.74, 6) is 0.0255. The summed E-state index contributed by atoms with van der Waals surface area (Å²) in [6.07, 6.45) is 3.00. The number of aromatic nitrogens is 2. The number of hydrogen-bond donors (Lipinski definition) is 2. The van der Waals surface area contributed by atoms with Gasteiger partial charge in [-0.15, -0.1) is 0 Å². The molecule has 0 saturated carbocycles. The van der Waals surface area contributed by atoms with E-state index < -0.39 is 6.10 Å². The summed E-state index contributed by atoms with van der Waals surface area (Å²) in [4.78, 5) is 13.1. The number of carbonyl (C=O) groups is 1. The number of hydrogen-bond acceptors (Lipinski definition) is 4. The van der Waals surface area contributed by atoms with Crippen molar-refractivity contribution in [2.24, 2.45) is 0 Å². The molecule has 0 aromatic carbocycles. The van der Waals surface area contributed by atoms with Gasteiger partial charge < -0.3 is 10.4 Å². The summed E-state index contributed by atoms with van der Waals surface area (Å²) >= 11 is 0. The van der Waals surface area contributed by atoms with Crippen molar-refractivity contribution < 1.29 is 9.90 Å². The van der Waals surface area contributed by atoms with Crippen LogP contribution >= 0.6 is 0 Å². The highest BCUT2D eigenvalue weighted by atomic mass is 16.3. The number of aliphatic hydroxyl groups is 1. The second-order valence-electron chi connectivity index (χ2n) is 3.97. The topological polar surface area (TPSA) is 70.4 Å². The molecule has 1 unspecified atom stereocenters. The fourth-order valence-electron chi connectivity index (χ4n) is 1.83. The van der Waals surface area contributed by atoms with Gasteiger partial charge in [0.05, 0.1) is 19.2 Å². The average molecular weight is 224 g/mol. The van der Waals surface area contributed by atoms with Gasteiger partial charge in [-0.2, -0.15) is 5.10 Å². The van der Waals surface area contributed by atoms with Crippen molar-refractivity contribution in [1.82, 2.24) is 20.0 Å². The van der Waals surface area contributed by atoms with E-state index in [1.54, 1.807) is 10.9 Å². The van der Waals surface area contributed by atoms with Gasteiger partial charge in [0, 0.05) is 32.0 Å². The molecule has 88 valence electrons. The standard InChI is InChI=1S/C10H16N4O2/c15-9(7-14-4-1-2-12-14)6-13-5-3-11-10(16)8-13/h1-2,4,9,15H,3,5-8H2,(H,11,16). The van der Waals surface area contributed by atoms with Gasteiger partial charge in [-0.25, -0.2) is 0 Å². The minimum Gasteiger partial charge on any atom is -0.390 e. The number of nitrogens with zero attached hydrogens (tertiary/aromatic N) is 3. The van der Waals surface area contributed by atoms with Gasteiger partial charge in [0.2, 0.25) is 5.91 Å². The van der Waals surface area contributed by atoms with E-state index in [0.717, 1.165) is 6.54 Å². The molecule has 6 heteroatoms. The van der Waals surface area contributed by atoms with Crippen molar-refractivity contribution in [3.05, 3.63) is 18.5 Å². The molecule has 0 radical (unpaired) electrons. The van der Waals surface area contributed by atoms with Crippen molar-refractivity contribution >= 4 is 5.91 Å². The molecule has 2 rings (SSSR count). The van der Waals surface area contributed by atoms with Crippen LogP contribution in [-0.2, 0) is 11.3 Å². The molecule has 1 aromatic heterocycles. The summed E-state index contributed by atoms with van der Waals surface area (Å²) < 4.78 is 1.69. The van der Waals surface area contributed by atoms with E-state index in [1.807, 2.05) is 17.2 Å². The Morgan fingerprint density at radius 1 is 1.56 bits per heavy atom. The highest BCUT2D eigenvalue weighted by molar-refractivity contribution is 5.78. The van der Waals surface area contributed by atoms with Crippen molar-refractivity contribution in [3.63, 3.8) is 0 Å². The second-order valence-corrected chi connectivity index (χ2v) is 3.97. The van der Waals surface area contributed by atoms with Crippen LogP contribution in [0.4, 0.5) is 0 Å². The Bertz CT molecular complexity index is 339. The Hall–Kier alpha value is -1.40. The zero-order chi connectivity index (χ0) is 11.4. The second kappa shape index (κ2) is 5.09. The Labute approximate surface area is 93.9 Å². The van der Waals surface area contributed by atoms with E-state index in [1.165, 1.54) is 0 Å². The van der Waals surface area contributed by atoms with Crippen LogP contribution in [0.5, 0.6) is 0 Å². The normalized spacial score (nSPS) is 19.4. The lowest BCUT2D eigenvalue weighted by Crippen LogP contribution is -2.50. The minimum atomic E-state index is -0.495. The summed E-state index contributed by atoms with van der Waals surface area (Å²) in [5.41, 5.74) is 0. The third-order valence-electron chi connectivity index (χ3n) is 2.54. The fourth-order valence-corrected chi connectivity index (χ4v) is 1.83. The molecule has 1 amide bonds. The molecule has 1 fully saturated rings. The SMILES string of the molecule is O=C1CN(CC(O)Cn2cccn2)CCN1. The summed E-state index contributed by atoms with van der Waals surface area (Å²) in [5, 5.41) is 16.6. The molecule has 1 aliphatic rings. The van der Waals surface area contributed by atoms with E-state index in [4.69, 9.17) is 0 Å². The zero-order valence-corrected chi connectivity index (χ0v) is 9.04. The van der Waals surface area contributed by atoms with Gasteiger partial charge in [-0.1, -0.05) is 0 Å². The van der Waals surface area contributed by atoms with E-state index in [9.17, 15) is 9.90 Å². The quantitative estimate of drug-likeness (QED) is 0.665. The smallest absolute Gasteiger partial charge is 0.234 e. The maximum atomic E-state index is 11.1. The van der Waals surface area contributed by atoms with Gasteiger partial charge >= 0.3 is 0 Å². The number of aliphatic hydroxyl groups excluding tert-OH is 1. The first-order valence-electron chi connectivity index (χ1n) is 5.38. The fraction of sp³-hybridized carbons (Fsp3) is 0.600. The number of rotatable bonds is 4. The first-order valence-corrected chi connectivity index (χ1v) is 5.38. The Balaban J connectivity index is 1.78. The number of nitrogens with one attached hydrogen (secondary N) is 1. The largest absolute Gasteiger partial charge is 0.390 e. The number of piperazine rings is 1. The maximum Gasteiger partial charge on any atom is 0.234 e. The number of amides is 1. The summed E-state index contributed by atoms with van der Waals surface area (Å²) in [6.45, 7) is 2.80. The molecular weight excluding hydrogens is 208 g/mol. The third kappa shape index (κ3) is 3.04. The maximum absolute atomic E-state index is 11.1. The molecule has 0 spiro atoms. The van der Waals surface area contributed by atoms with Gasteiger partial charge in [-0.05, 0) is 6.07 Å². The van der Waals surface area contributed by atoms with Crippen LogP contribution in [0.1, 0.15) is 0 Å². The molecule has 1 aliphatic heterocycles. The summed E-state index contributed by atoms with van der Waals surface area (Å²) in [6, 6.07) is 1.82. The molecular formula is C10H16N4O2. The van der Waals surface area contributed by atoms with Crippen molar-refractivity contribution in [3.8, 4) is 0 Å². The van der Waals surface area contributed by atoms with Crippen molar-refractivity contribution in [1.29, 1.82) is 0 Å². The Kier molecular flexibility index (Phi) is 3.53. The lowest BCUT2D eigenvalue weighted by Gasteiger charge is -2.28. The first-order chi connectivity index (χ1) is 7.74.